The minimum absolute atomic E-state index is 0.267. The van der Waals surface area contributed by atoms with Gasteiger partial charge in [-0.3, -0.25) is 0 Å². The predicted octanol–water partition coefficient (Wildman–Crippen LogP) is 3.72. The average molecular weight is 258 g/mol. The van der Waals surface area contributed by atoms with E-state index in [1.54, 1.807) is 0 Å². The van der Waals surface area contributed by atoms with Gasteiger partial charge < -0.3 is 11.1 Å². The second kappa shape index (κ2) is 4.96. The SMILES string of the molecule is Cc1ccc(C)c(Nc2c(N)c(C)nn2C(C)C)c1. The zero-order valence-corrected chi connectivity index (χ0v) is 12.3. The van der Waals surface area contributed by atoms with Crippen molar-refractivity contribution in [3.63, 3.8) is 0 Å². The summed E-state index contributed by atoms with van der Waals surface area (Å²) in [6, 6.07) is 6.61. The first-order chi connectivity index (χ1) is 8.90. The molecule has 2 rings (SSSR count). The highest BCUT2D eigenvalue weighted by Crippen LogP contribution is 2.30. The molecular formula is C15H22N4. The Morgan fingerprint density at radius 1 is 1.21 bits per heavy atom. The van der Waals surface area contributed by atoms with Crippen LogP contribution in [0.25, 0.3) is 0 Å². The van der Waals surface area contributed by atoms with Gasteiger partial charge in [0.05, 0.1) is 11.4 Å². The van der Waals surface area contributed by atoms with E-state index in [1.807, 2.05) is 11.6 Å². The first kappa shape index (κ1) is 13.5. The van der Waals surface area contributed by atoms with Gasteiger partial charge in [0.2, 0.25) is 0 Å². The number of benzene rings is 1. The summed E-state index contributed by atoms with van der Waals surface area (Å²) in [6.45, 7) is 10.3. The Morgan fingerprint density at radius 2 is 1.89 bits per heavy atom. The Kier molecular flexibility index (Phi) is 3.51. The summed E-state index contributed by atoms with van der Waals surface area (Å²) in [4.78, 5) is 0. The third-order valence-electron chi connectivity index (χ3n) is 3.27. The van der Waals surface area contributed by atoms with E-state index >= 15 is 0 Å². The molecule has 4 heteroatoms. The molecular weight excluding hydrogens is 236 g/mol. The molecule has 0 aliphatic heterocycles. The number of hydrogen-bond donors (Lipinski definition) is 2. The summed E-state index contributed by atoms with van der Waals surface area (Å²) >= 11 is 0. The van der Waals surface area contributed by atoms with Crippen molar-refractivity contribution in [1.29, 1.82) is 0 Å². The number of aryl methyl sites for hydroxylation is 3. The highest BCUT2D eigenvalue weighted by Gasteiger charge is 2.15. The predicted molar refractivity (Wildman–Crippen MR) is 81.0 cm³/mol. The summed E-state index contributed by atoms with van der Waals surface area (Å²) in [5.74, 6) is 0.876. The summed E-state index contributed by atoms with van der Waals surface area (Å²) in [5, 5.41) is 7.91. The molecule has 0 fully saturated rings. The molecule has 1 aromatic heterocycles. The minimum Gasteiger partial charge on any atom is -0.394 e. The number of nitrogens with zero attached hydrogens (tertiary/aromatic N) is 2. The van der Waals surface area contributed by atoms with Crippen LogP contribution < -0.4 is 11.1 Å². The lowest BCUT2D eigenvalue weighted by Gasteiger charge is -2.15. The Hall–Kier alpha value is -1.97. The van der Waals surface area contributed by atoms with Crippen LogP contribution in [0.15, 0.2) is 18.2 Å². The molecule has 3 N–H and O–H groups in total. The van der Waals surface area contributed by atoms with E-state index in [4.69, 9.17) is 5.73 Å². The van der Waals surface area contributed by atoms with E-state index in [0.29, 0.717) is 0 Å². The average Bonchev–Trinajstić information content (AvgIpc) is 2.62. The molecule has 0 radical (unpaired) electrons. The van der Waals surface area contributed by atoms with E-state index in [2.05, 4.69) is 56.3 Å². The molecule has 1 aromatic carbocycles. The maximum Gasteiger partial charge on any atom is 0.152 e. The van der Waals surface area contributed by atoms with Gasteiger partial charge in [0.1, 0.15) is 0 Å². The van der Waals surface area contributed by atoms with Crippen molar-refractivity contribution in [3.8, 4) is 0 Å². The van der Waals surface area contributed by atoms with Gasteiger partial charge in [-0.1, -0.05) is 12.1 Å². The van der Waals surface area contributed by atoms with Crippen LogP contribution in [0, 0.1) is 20.8 Å². The van der Waals surface area contributed by atoms with Gasteiger partial charge in [0, 0.05) is 11.7 Å². The molecule has 2 aromatic rings. The first-order valence-corrected chi connectivity index (χ1v) is 6.59. The minimum atomic E-state index is 0.267. The van der Waals surface area contributed by atoms with Gasteiger partial charge in [-0.05, 0) is 51.8 Å². The number of rotatable bonds is 3. The third kappa shape index (κ3) is 2.57. The number of nitrogens with two attached hydrogens (primary N) is 1. The highest BCUT2D eigenvalue weighted by atomic mass is 15.4. The van der Waals surface area contributed by atoms with Crippen LogP contribution >= 0.6 is 0 Å². The van der Waals surface area contributed by atoms with Crippen molar-refractivity contribution in [1.82, 2.24) is 9.78 Å². The van der Waals surface area contributed by atoms with Gasteiger partial charge in [-0.15, -0.1) is 0 Å². The van der Waals surface area contributed by atoms with Crippen molar-refractivity contribution < 1.29 is 0 Å². The Labute approximate surface area is 114 Å². The topological polar surface area (TPSA) is 55.9 Å². The second-order valence-electron chi connectivity index (χ2n) is 5.33. The quantitative estimate of drug-likeness (QED) is 0.882. The lowest BCUT2D eigenvalue weighted by Crippen LogP contribution is -2.08. The van der Waals surface area contributed by atoms with Crippen LogP contribution in [0.5, 0.6) is 0 Å². The van der Waals surface area contributed by atoms with Gasteiger partial charge in [-0.2, -0.15) is 5.10 Å². The Balaban J connectivity index is 2.45. The summed E-state index contributed by atoms with van der Waals surface area (Å²) in [7, 11) is 0. The molecule has 0 atom stereocenters. The normalized spacial score (nSPS) is 11.1. The number of nitrogen functional groups attached to an aromatic ring is 1. The summed E-state index contributed by atoms with van der Waals surface area (Å²) < 4.78 is 1.94. The van der Waals surface area contributed by atoms with Crippen molar-refractivity contribution >= 4 is 17.2 Å². The van der Waals surface area contributed by atoms with E-state index in [-0.39, 0.29) is 6.04 Å². The Morgan fingerprint density at radius 3 is 2.53 bits per heavy atom. The zero-order chi connectivity index (χ0) is 14.2. The van der Waals surface area contributed by atoms with E-state index in [0.717, 1.165) is 22.9 Å². The summed E-state index contributed by atoms with van der Waals surface area (Å²) in [6.07, 6.45) is 0. The van der Waals surface area contributed by atoms with Crippen LogP contribution in [-0.4, -0.2) is 9.78 Å². The van der Waals surface area contributed by atoms with Gasteiger partial charge >= 0.3 is 0 Å². The van der Waals surface area contributed by atoms with Crippen molar-refractivity contribution in [2.75, 3.05) is 11.1 Å². The molecule has 0 amide bonds. The van der Waals surface area contributed by atoms with Crippen LogP contribution in [0.1, 0.15) is 36.7 Å². The molecule has 0 unspecified atom stereocenters. The molecule has 0 bridgehead atoms. The monoisotopic (exact) mass is 258 g/mol. The van der Waals surface area contributed by atoms with Crippen molar-refractivity contribution in [2.24, 2.45) is 0 Å². The van der Waals surface area contributed by atoms with Crippen LogP contribution in [0.2, 0.25) is 0 Å². The Bertz CT molecular complexity index is 596. The maximum atomic E-state index is 6.13. The van der Waals surface area contributed by atoms with Gasteiger partial charge in [-0.25, -0.2) is 4.68 Å². The largest absolute Gasteiger partial charge is 0.394 e. The van der Waals surface area contributed by atoms with E-state index < -0.39 is 0 Å². The highest BCUT2D eigenvalue weighted by molar-refractivity contribution is 5.73. The molecule has 102 valence electrons. The molecule has 0 spiro atoms. The van der Waals surface area contributed by atoms with Gasteiger partial charge in [0.15, 0.2) is 5.82 Å². The fourth-order valence-electron chi connectivity index (χ4n) is 2.06. The van der Waals surface area contributed by atoms with Crippen LogP contribution in [0.4, 0.5) is 17.2 Å². The molecule has 0 aliphatic rings. The fourth-order valence-corrected chi connectivity index (χ4v) is 2.06. The van der Waals surface area contributed by atoms with Crippen molar-refractivity contribution in [2.45, 2.75) is 40.7 Å². The second-order valence-corrected chi connectivity index (χ2v) is 5.33. The van der Waals surface area contributed by atoms with Crippen LogP contribution in [0.3, 0.4) is 0 Å². The lowest BCUT2D eigenvalue weighted by molar-refractivity contribution is 0.536. The maximum absolute atomic E-state index is 6.13. The first-order valence-electron chi connectivity index (χ1n) is 6.59. The number of nitrogens with one attached hydrogen (secondary N) is 1. The fraction of sp³-hybridized carbons (Fsp3) is 0.400. The molecule has 1 heterocycles. The molecule has 0 saturated heterocycles. The van der Waals surface area contributed by atoms with Crippen molar-refractivity contribution in [3.05, 3.63) is 35.0 Å². The standard InChI is InChI=1S/C15H22N4/c1-9(2)19-15(14(16)12(5)18-19)17-13-8-10(3)6-7-11(13)4/h6-9,17H,16H2,1-5H3. The lowest BCUT2D eigenvalue weighted by atomic mass is 10.1. The molecule has 19 heavy (non-hydrogen) atoms. The number of hydrogen-bond acceptors (Lipinski definition) is 3. The number of aromatic nitrogens is 2. The van der Waals surface area contributed by atoms with Gasteiger partial charge in [0.25, 0.3) is 0 Å². The molecule has 4 nitrogen and oxygen atoms in total. The number of anilines is 3. The summed E-state index contributed by atoms with van der Waals surface area (Å²) in [5.41, 5.74) is 11.2. The van der Waals surface area contributed by atoms with E-state index in [9.17, 15) is 0 Å². The molecule has 0 aliphatic carbocycles. The zero-order valence-electron chi connectivity index (χ0n) is 12.3. The third-order valence-corrected chi connectivity index (χ3v) is 3.27. The van der Waals surface area contributed by atoms with E-state index in [1.165, 1.54) is 11.1 Å². The molecule has 0 saturated carbocycles. The smallest absolute Gasteiger partial charge is 0.152 e. The van der Waals surface area contributed by atoms with Crippen LogP contribution in [-0.2, 0) is 0 Å².